The Hall–Kier alpha value is -2.44. The van der Waals surface area contributed by atoms with Crippen LogP contribution in [0.2, 0.25) is 0 Å². The lowest BCUT2D eigenvalue weighted by Crippen LogP contribution is -2.05. The van der Waals surface area contributed by atoms with Gasteiger partial charge in [-0.15, -0.1) is 0 Å². The number of halogens is 3. The molecule has 0 spiro atoms. The largest absolute Gasteiger partial charge is 0.464 e. The van der Waals surface area contributed by atoms with Gasteiger partial charge in [-0.2, -0.15) is 13.2 Å². The van der Waals surface area contributed by atoms with E-state index in [1.54, 1.807) is 0 Å². The van der Waals surface area contributed by atoms with Crippen LogP contribution in [-0.4, -0.2) is 23.0 Å². The van der Waals surface area contributed by atoms with E-state index in [4.69, 9.17) is 0 Å². The lowest BCUT2D eigenvalue weighted by molar-refractivity contribution is -0.137. The normalized spacial score (nSPS) is 11.2. The van der Waals surface area contributed by atoms with Gasteiger partial charge in [-0.3, -0.25) is 4.98 Å². The van der Waals surface area contributed by atoms with Crippen molar-refractivity contribution < 1.29 is 22.7 Å². The number of ether oxygens (including phenoxy) is 1. The SMILES string of the molecule is COC(=O)c1cnc(-c2ccc(C(F)(F)F)cc2)cn1. The lowest BCUT2D eigenvalue weighted by atomic mass is 10.1. The summed E-state index contributed by atoms with van der Waals surface area (Å²) in [5.41, 5.74) is 0.136. The van der Waals surface area contributed by atoms with Gasteiger partial charge in [0.25, 0.3) is 0 Å². The van der Waals surface area contributed by atoms with E-state index in [1.807, 2.05) is 0 Å². The molecule has 104 valence electrons. The quantitative estimate of drug-likeness (QED) is 0.795. The Bertz CT molecular complexity index is 607. The summed E-state index contributed by atoms with van der Waals surface area (Å²) in [6.07, 6.45) is -1.87. The number of alkyl halides is 3. The molecule has 7 heteroatoms. The fourth-order valence-corrected chi connectivity index (χ4v) is 1.52. The molecule has 0 aliphatic rings. The summed E-state index contributed by atoms with van der Waals surface area (Å²) in [7, 11) is 1.22. The van der Waals surface area contributed by atoms with Crippen molar-refractivity contribution in [1.29, 1.82) is 0 Å². The van der Waals surface area contributed by atoms with Crippen molar-refractivity contribution in [2.75, 3.05) is 7.11 Å². The van der Waals surface area contributed by atoms with Crippen molar-refractivity contribution in [3.05, 3.63) is 47.9 Å². The second-order valence-electron chi connectivity index (χ2n) is 3.85. The van der Waals surface area contributed by atoms with Crippen LogP contribution in [0.15, 0.2) is 36.7 Å². The smallest absolute Gasteiger partial charge is 0.416 e. The highest BCUT2D eigenvalue weighted by atomic mass is 19.4. The van der Waals surface area contributed by atoms with Gasteiger partial charge < -0.3 is 4.74 Å². The van der Waals surface area contributed by atoms with Crippen LogP contribution >= 0.6 is 0 Å². The number of hydrogen-bond donors (Lipinski definition) is 0. The molecule has 0 aliphatic heterocycles. The molecule has 0 fully saturated rings. The van der Waals surface area contributed by atoms with E-state index in [-0.39, 0.29) is 5.69 Å². The van der Waals surface area contributed by atoms with Crippen LogP contribution in [0.5, 0.6) is 0 Å². The number of nitrogens with zero attached hydrogens (tertiary/aromatic N) is 2. The maximum absolute atomic E-state index is 12.4. The second-order valence-corrected chi connectivity index (χ2v) is 3.85. The lowest BCUT2D eigenvalue weighted by Gasteiger charge is -2.07. The van der Waals surface area contributed by atoms with Gasteiger partial charge in [0.1, 0.15) is 0 Å². The monoisotopic (exact) mass is 282 g/mol. The fourth-order valence-electron chi connectivity index (χ4n) is 1.52. The summed E-state index contributed by atoms with van der Waals surface area (Å²) in [5, 5.41) is 0. The highest BCUT2D eigenvalue weighted by Crippen LogP contribution is 2.30. The predicted octanol–water partition coefficient (Wildman–Crippen LogP) is 2.95. The summed E-state index contributed by atoms with van der Waals surface area (Å²) < 4.78 is 41.7. The molecule has 1 heterocycles. The first kappa shape index (κ1) is 14.0. The molecule has 0 unspecified atom stereocenters. The molecule has 2 rings (SSSR count). The van der Waals surface area contributed by atoms with Gasteiger partial charge in [0.05, 0.1) is 30.8 Å². The minimum atomic E-state index is -4.38. The number of hydrogen-bond acceptors (Lipinski definition) is 4. The number of carbonyl (C=O) groups excluding carboxylic acids is 1. The molecule has 0 aliphatic carbocycles. The summed E-state index contributed by atoms with van der Waals surface area (Å²) in [5.74, 6) is -0.628. The average molecular weight is 282 g/mol. The molecule has 0 saturated carbocycles. The van der Waals surface area contributed by atoms with Crippen molar-refractivity contribution in [2.24, 2.45) is 0 Å². The third kappa shape index (κ3) is 2.93. The average Bonchev–Trinajstić information content (AvgIpc) is 2.46. The number of methoxy groups -OCH3 is 1. The molecule has 1 aromatic carbocycles. The van der Waals surface area contributed by atoms with Crippen molar-refractivity contribution >= 4 is 5.97 Å². The number of carbonyl (C=O) groups is 1. The molecular weight excluding hydrogens is 273 g/mol. The minimum Gasteiger partial charge on any atom is -0.464 e. The van der Waals surface area contributed by atoms with Crippen molar-refractivity contribution in [3.63, 3.8) is 0 Å². The Kier molecular flexibility index (Phi) is 3.69. The van der Waals surface area contributed by atoms with Gasteiger partial charge in [-0.05, 0) is 12.1 Å². The minimum absolute atomic E-state index is 0.0307. The predicted molar refractivity (Wildman–Crippen MR) is 63.8 cm³/mol. The Morgan fingerprint density at radius 3 is 2.20 bits per heavy atom. The summed E-state index contributed by atoms with van der Waals surface area (Å²) in [6.45, 7) is 0. The highest BCUT2D eigenvalue weighted by molar-refractivity contribution is 5.86. The first-order valence-corrected chi connectivity index (χ1v) is 5.50. The van der Waals surface area contributed by atoms with E-state index in [1.165, 1.54) is 31.6 Å². The molecule has 20 heavy (non-hydrogen) atoms. The molecular formula is C13H9F3N2O2. The first-order chi connectivity index (χ1) is 9.41. The van der Waals surface area contributed by atoms with Gasteiger partial charge >= 0.3 is 12.1 Å². The Balaban J connectivity index is 2.26. The van der Waals surface area contributed by atoms with Gasteiger partial charge in [0.15, 0.2) is 5.69 Å². The van der Waals surface area contributed by atoms with E-state index in [0.717, 1.165) is 12.1 Å². The zero-order valence-electron chi connectivity index (χ0n) is 10.3. The van der Waals surface area contributed by atoms with Gasteiger partial charge in [-0.1, -0.05) is 12.1 Å². The van der Waals surface area contributed by atoms with Crippen molar-refractivity contribution in [1.82, 2.24) is 9.97 Å². The summed E-state index contributed by atoms with van der Waals surface area (Å²) in [6, 6.07) is 4.52. The Labute approximate surface area is 112 Å². The zero-order chi connectivity index (χ0) is 14.8. The Morgan fingerprint density at radius 2 is 1.75 bits per heavy atom. The topological polar surface area (TPSA) is 52.1 Å². The van der Waals surface area contributed by atoms with E-state index < -0.39 is 17.7 Å². The molecule has 0 atom stereocenters. The van der Waals surface area contributed by atoms with Crippen LogP contribution in [0.1, 0.15) is 16.1 Å². The first-order valence-electron chi connectivity index (χ1n) is 5.50. The molecule has 0 bridgehead atoms. The molecule has 0 amide bonds. The van der Waals surface area contributed by atoms with Crippen LogP contribution in [0.3, 0.4) is 0 Å². The standard InChI is InChI=1S/C13H9F3N2O2/c1-20-12(19)11-7-17-10(6-18-11)8-2-4-9(5-3-8)13(14,15)16/h2-7H,1H3. The van der Waals surface area contributed by atoms with Crippen LogP contribution in [0, 0.1) is 0 Å². The van der Waals surface area contributed by atoms with E-state index in [2.05, 4.69) is 14.7 Å². The van der Waals surface area contributed by atoms with E-state index >= 15 is 0 Å². The molecule has 0 N–H and O–H groups in total. The van der Waals surface area contributed by atoms with Crippen LogP contribution < -0.4 is 0 Å². The highest BCUT2D eigenvalue weighted by Gasteiger charge is 2.30. The van der Waals surface area contributed by atoms with E-state index in [0.29, 0.717) is 11.3 Å². The van der Waals surface area contributed by atoms with Gasteiger partial charge in [0.2, 0.25) is 0 Å². The van der Waals surface area contributed by atoms with Gasteiger partial charge in [0, 0.05) is 5.56 Å². The number of esters is 1. The van der Waals surface area contributed by atoms with Crippen LogP contribution in [-0.2, 0) is 10.9 Å². The zero-order valence-corrected chi connectivity index (χ0v) is 10.3. The summed E-state index contributed by atoms with van der Waals surface area (Å²) in [4.78, 5) is 19.0. The number of aromatic nitrogens is 2. The molecule has 0 radical (unpaired) electrons. The molecule has 0 saturated heterocycles. The molecule has 4 nitrogen and oxygen atoms in total. The fraction of sp³-hybridized carbons (Fsp3) is 0.154. The second kappa shape index (κ2) is 5.28. The van der Waals surface area contributed by atoms with E-state index in [9.17, 15) is 18.0 Å². The van der Waals surface area contributed by atoms with Gasteiger partial charge in [-0.25, -0.2) is 9.78 Å². The number of rotatable bonds is 2. The molecule has 1 aromatic heterocycles. The van der Waals surface area contributed by atoms with Crippen LogP contribution in [0.25, 0.3) is 11.3 Å². The number of benzene rings is 1. The van der Waals surface area contributed by atoms with Crippen molar-refractivity contribution in [2.45, 2.75) is 6.18 Å². The maximum Gasteiger partial charge on any atom is 0.416 e. The third-order valence-electron chi connectivity index (χ3n) is 2.55. The third-order valence-corrected chi connectivity index (χ3v) is 2.55. The Morgan fingerprint density at radius 1 is 1.10 bits per heavy atom. The van der Waals surface area contributed by atoms with Crippen LogP contribution in [0.4, 0.5) is 13.2 Å². The van der Waals surface area contributed by atoms with Crippen molar-refractivity contribution in [3.8, 4) is 11.3 Å². The maximum atomic E-state index is 12.4. The molecule has 2 aromatic rings. The summed E-state index contributed by atoms with van der Waals surface area (Å²) >= 11 is 0.